The van der Waals surface area contributed by atoms with Gasteiger partial charge in [0.2, 0.25) is 0 Å². The topological polar surface area (TPSA) is 179 Å². The molecule has 0 radical (unpaired) electrons. The van der Waals surface area contributed by atoms with Crippen LogP contribution >= 0.6 is 7.75 Å². The van der Waals surface area contributed by atoms with Crippen LogP contribution in [0.5, 0.6) is 5.75 Å². The highest BCUT2D eigenvalue weighted by Crippen LogP contribution is 2.48. The molecule has 4 unspecified atom stereocenters. The summed E-state index contributed by atoms with van der Waals surface area (Å²) >= 11 is 0. The second kappa shape index (κ2) is 27.3. The molecule has 14 nitrogen and oxygen atoms in total. The fraction of sp³-hybridized carbons (Fsp3) is 0.681. The van der Waals surface area contributed by atoms with Gasteiger partial charge in [-0.1, -0.05) is 160 Å². The number of hydrogen-bond acceptors (Lipinski definition) is 12. The number of anilines is 1. The van der Waals surface area contributed by atoms with Crippen LogP contribution in [0.4, 0.5) is 10.2 Å². The fourth-order valence-corrected chi connectivity index (χ4v) is 9.23. The Morgan fingerprint density at radius 3 is 2.11 bits per heavy atom. The van der Waals surface area contributed by atoms with E-state index in [9.17, 15) is 18.5 Å². The molecule has 0 amide bonds. The number of imidazole rings is 1. The predicted octanol–water partition coefficient (Wildman–Crippen LogP) is 11.0. The van der Waals surface area contributed by atoms with Crippen LogP contribution in [0, 0.1) is 24.3 Å². The summed E-state index contributed by atoms with van der Waals surface area (Å²) in [7, 11) is -4.43. The number of nitrogens with one attached hydrogen (secondary N) is 1. The lowest BCUT2D eigenvalue weighted by Crippen LogP contribution is -2.45. The fourth-order valence-electron chi connectivity index (χ4n) is 7.71. The highest BCUT2D eigenvalue weighted by molar-refractivity contribution is 7.52. The molecule has 0 aliphatic carbocycles. The summed E-state index contributed by atoms with van der Waals surface area (Å²) in [4.78, 5) is 38.2. The molecule has 3 heterocycles. The van der Waals surface area contributed by atoms with E-state index < -0.39 is 56.3 Å². The quantitative estimate of drug-likeness (QED) is 0.0199. The highest BCUT2D eigenvalue weighted by Gasteiger charge is 2.53. The van der Waals surface area contributed by atoms with Crippen molar-refractivity contribution in [2.75, 3.05) is 18.9 Å². The zero-order chi connectivity index (χ0) is 45.5. The number of ether oxygens (including phenoxy) is 3. The molecule has 0 saturated carbocycles. The average Bonchev–Trinajstić information content (AvgIpc) is 3.86. The smallest absolute Gasteiger partial charge is 0.459 e. The Kier molecular flexibility index (Phi) is 22.3. The van der Waals surface area contributed by atoms with Crippen molar-refractivity contribution in [1.29, 1.82) is 0 Å². The molecule has 63 heavy (non-hydrogen) atoms. The molecule has 3 aromatic rings. The molecule has 1 aliphatic heterocycles. The first-order valence-electron chi connectivity index (χ1n) is 23.4. The maximum Gasteiger partial charge on any atom is 0.459 e. The van der Waals surface area contributed by atoms with Gasteiger partial charge in [-0.15, -0.1) is 6.42 Å². The van der Waals surface area contributed by atoms with Crippen molar-refractivity contribution in [3.05, 3.63) is 42.7 Å². The van der Waals surface area contributed by atoms with E-state index in [1.54, 1.807) is 30.3 Å². The number of terminal acetylenes is 1. The third-order valence-corrected chi connectivity index (χ3v) is 13.4. The van der Waals surface area contributed by atoms with Crippen molar-refractivity contribution in [2.45, 2.75) is 187 Å². The number of unbranched alkanes of at least 4 members (excludes halogenated alkanes) is 16. The SMILES string of the molecule is C#CC1(COP(=O)(N[C@@H](C)C(=O)OCC(CC)CC)Oc2ccccc2)OC(n2cnc3c(N)nc(F)nc32)CC1OC(=O)CCCCCCCCCCCCCCCCCCC. The molecular formula is C47H72FN6O8P. The number of nitrogens with zero attached hydrogens (tertiary/aromatic N) is 4. The first-order valence-corrected chi connectivity index (χ1v) is 24.9. The van der Waals surface area contributed by atoms with Crippen molar-refractivity contribution < 1.29 is 41.8 Å². The lowest BCUT2D eigenvalue weighted by atomic mass is 9.98. The summed E-state index contributed by atoms with van der Waals surface area (Å²) in [6.45, 7) is 7.36. The Labute approximate surface area is 374 Å². The van der Waals surface area contributed by atoms with Gasteiger partial charge in [-0.2, -0.15) is 19.4 Å². The summed E-state index contributed by atoms with van der Waals surface area (Å²) in [5, 5.41) is 2.69. The molecule has 2 aromatic heterocycles. The van der Waals surface area contributed by atoms with Gasteiger partial charge in [0.15, 0.2) is 22.6 Å². The summed E-state index contributed by atoms with van der Waals surface area (Å²) in [5.41, 5.74) is 4.27. The molecule has 1 fully saturated rings. The van der Waals surface area contributed by atoms with Gasteiger partial charge in [-0.05, 0) is 31.4 Å². The van der Waals surface area contributed by atoms with Crippen molar-refractivity contribution in [3.8, 4) is 18.1 Å². The van der Waals surface area contributed by atoms with Crippen LogP contribution in [0.3, 0.4) is 0 Å². The Bertz CT molecular complexity index is 1910. The maximum absolute atomic E-state index is 14.6. The van der Waals surface area contributed by atoms with Crippen LogP contribution in [0.25, 0.3) is 11.2 Å². The second-order valence-corrected chi connectivity index (χ2v) is 18.5. The number of esters is 2. The standard InChI is InChI=1S/C47H72FN6O8P/c1-6-10-11-12-13-14-15-16-17-18-19-20-21-22-23-24-28-31-41(55)60-39-32-40(54-35-50-42-43(49)51-46(48)52-44(42)54)61-47(39,9-4)34-59-63(57,62-38-29-26-25-27-30-38)53-36(5)45(56)58-33-37(7-2)8-3/h4,25-27,29-30,35-37,39-40H,6-8,10-24,28,31-34H2,1-3,5H3,(H,53,57)(H2,49,51,52)/t36-,39?,40?,47?,63?/m0/s1. The molecule has 1 aromatic carbocycles. The lowest BCUT2D eigenvalue weighted by molar-refractivity contribution is -0.158. The second-order valence-electron chi connectivity index (χ2n) is 16.8. The van der Waals surface area contributed by atoms with Gasteiger partial charge in [0, 0.05) is 12.8 Å². The molecule has 0 spiro atoms. The van der Waals surface area contributed by atoms with Crippen LogP contribution in [-0.4, -0.2) is 62.4 Å². The largest absolute Gasteiger partial charge is 0.464 e. The highest BCUT2D eigenvalue weighted by atomic mass is 31.2. The number of carbonyl (C=O) groups excluding carboxylic acids is 2. The van der Waals surface area contributed by atoms with E-state index in [0.717, 1.165) is 32.1 Å². The first-order chi connectivity index (χ1) is 30.5. The van der Waals surface area contributed by atoms with E-state index >= 15 is 0 Å². The van der Waals surface area contributed by atoms with Gasteiger partial charge in [0.1, 0.15) is 30.7 Å². The summed E-state index contributed by atoms with van der Waals surface area (Å²) in [6, 6.07) is 7.16. The summed E-state index contributed by atoms with van der Waals surface area (Å²) in [6.07, 6.45) is 26.9. The molecule has 5 atom stereocenters. The van der Waals surface area contributed by atoms with Crippen LogP contribution in [-0.2, 0) is 32.9 Å². The van der Waals surface area contributed by atoms with Gasteiger partial charge in [0.05, 0.1) is 12.9 Å². The number of fused-ring (bicyclic) bond motifs is 1. The van der Waals surface area contributed by atoms with E-state index in [1.807, 2.05) is 13.8 Å². The molecule has 3 N–H and O–H groups in total. The first kappa shape index (κ1) is 51.5. The number of benzene rings is 1. The number of nitrogen functional groups attached to an aromatic ring is 1. The Morgan fingerprint density at radius 2 is 1.54 bits per heavy atom. The number of nitrogens with two attached hydrogens (primary N) is 1. The molecule has 16 heteroatoms. The number of aromatic nitrogens is 4. The number of rotatable bonds is 32. The van der Waals surface area contributed by atoms with E-state index in [4.69, 9.17) is 35.4 Å². The molecule has 0 bridgehead atoms. The van der Waals surface area contributed by atoms with E-state index in [0.29, 0.717) is 6.42 Å². The van der Waals surface area contributed by atoms with Crippen LogP contribution in [0.15, 0.2) is 36.7 Å². The van der Waals surface area contributed by atoms with E-state index in [2.05, 4.69) is 32.9 Å². The van der Waals surface area contributed by atoms with Gasteiger partial charge in [-0.3, -0.25) is 18.7 Å². The zero-order valence-corrected chi connectivity index (χ0v) is 39.0. The third kappa shape index (κ3) is 16.8. The lowest BCUT2D eigenvalue weighted by Gasteiger charge is -2.31. The van der Waals surface area contributed by atoms with Crippen LogP contribution < -0.4 is 15.3 Å². The van der Waals surface area contributed by atoms with Crippen molar-refractivity contribution in [1.82, 2.24) is 24.6 Å². The normalized spacial score (nSPS) is 18.9. The minimum absolute atomic E-state index is 0.0225. The molecule has 1 aliphatic rings. The number of para-hydroxylation sites is 1. The minimum atomic E-state index is -4.43. The van der Waals surface area contributed by atoms with Gasteiger partial charge >= 0.3 is 25.8 Å². The summed E-state index contributed by atoms with van der Waals surface area (Å²) < 4.78 is 60.3. The molecular weight excluding hydrogens is 827 g/mol. The molecule has 1 saturated heterocycles. The Hall–Kier alpha value is -4.09. The minimum Gasteiger partial charge on any atom is -0.464 e. The molecule has 350 valence electrons. The van der Waals surface area contributed by atoms with Crippen molar-refractivity contribution >= 4 is 36.7 Å². The zero-order valence-electron chi connectivity index (χ0n) is 38.1. The number of hydrogen-bond donors (Lipinski definition) is 2. The van der Waals surface area contributed by atoms with Gasteiger partial charge in [-0.25, -0.2) is 9.55 Å². The Morgan fingerprint density at radius 1 is 0.952 bits per heavy atom. The predicted molar refractivity (Wildman–Crippen MR) is 243 cm³/mol. The summed E-state index contributed by atoms with van der Waals surface area (Å²) in [5.74, 6) is 1.64. The van der Waals surface area contributed by atoms with Crippen molar-refractivity contribution in [2.24, 2.45) is 5.92 Å². The number of halogens is 1. The van der Waals surface area contributed by atoms with Crippen molar-refractivity contribution in [3.63, 3.8) is 0 Å². The Balaban J connectivity index is 1.37. The molecule has 4 rings (SSSR count). The van der Waals surface area contributed by atoms with Gasteiger partial charge < -0.3 is 24.5 Å². The monoisotopic (exact) mass is 899 g/mol. The third-order valence-electron chi connectivity index (χ3n) is 11.8. The van der Waals surface area contributed by atoms with E-state index in [-0.39, 0.29) is 48.1 Å². The average molecular weight is 899 g/mol. The van der Waals surface area contributed by atoms with Crippen LogP contribution in [0.1, 0.15) is 169 Å². The van der Waals surface area contributed by atoms with Crippen LogP contribution in [0.2, 0.25) is 0 Å². The maximum atomic E-state index is 14.6. The van der Waals surface area contributed by atoms with E-state index in [1.165, 1.54) is 101 Å². The number of carbonyl (C=O) groups is 2. The van der Waals surface area contributed by atoms with Gasteiger partial charge in [0.25, 0.3) is 0 Å².